The Labute approximate surface area is 235 Å². The maximum absolute atomic E-state index is 12.9. The number of amides is 2. The molecule has 0 bridgehead atoms. The summed E-state index contributed by atoms with van der Waals surface area (Å²) in [4.78, 5) is 34.6. The van der Waals surface area contributed by atoms with Crippen molar-refractivity contribution in [3.63, 3.8) is 0 Å². The molecule has 0 saturated carbocycles. The Morgan fingerprint density at radius 3 is 1.49 bits per heavy atom. The van der Waals surface area contributed by atoms with E-state index < -0.39 is 0 Å². The van der Waals surface area contributed by atoms with Gasteiger partial charge in [0.15, 0.2) is 0 Å². The molecule has 2 amide bonds. The number of benzene rings is 3. The number of nitrogens with one attached hydrogen (secondary N) is 4. The van der Waals surface area contributed by atoms with Crippen LogP contribution in [0.5, 0.6) is 0 Å². The summed E-state index contributed by atoms with van der Waals surface area (Å²) in [6.07, 6.45) is 0. The van der Waals surface area contributed by atoms with Gasteiger partial charge in [-0.1, -0.05) is 11.6 Å². The number of hydrogen-bond acceptors (Lipinski definition) is 4. The average Bonchev–Trinajstić information content (AvgIpc) is 2.93. The van der Waals surface area contributed by atoms with Crippen molar-refractivity contribution in [1.29, 1.82) is 0 Å². The van der Waals surface area contributed by atoms with Gasteiger partial charge in [0.1, 0.15) is 11.7 Å². The first-order chi connectivity index (χ1) is 18.9. The lowest BCUT2D eigenvalue weighted by molar-refractivity contribution is 0.101. The Morgan fingerprint density at radius 2 is 1.08 bits per heavy atom. The predicted octanol–water partition coefficient (Wildman–Crippen LogP) is 5.60. The van der Waals surface area contributed by atoms with E-state index in [-0.39, 0.29) is 22.4 Å². The fraction of sp³-hybridized carbons (Fsp3) is 0.267. The molecule has 0 radical (unpaired) electrons. The highest BCUT2D eigenvalue weighted by molar-refractivity contribution is 6.35. The van der Waals surface area contributed by atoms with Crippen molar-refractivity contribution >= 4 is 46.5 Å². The minimum atomic E-state index is -0.366. The lowest BCUT2D eigenvalue weighted by Crippen LogP contribution is -2.24. The highest BCUT2D eigenvalue weighted by Crippen LogP contribution is 2.21. The largest absolute Gasteiger partial charge is 0.370 e. The molecule has 0 saturated heterocycles. The van der Waals surface area contributed by atoms with Crippen molar-refractivity contribution in [2.75, 3.05) is 36.8 Å². The fourth-order valence-electron chi connectivity index (χ4n) is 3.81. The van der Waals surface area contributed by atoms with Gasteiger partial charge in [-0.2, -0.15) is 0 Å². The Balaban J connectivity index is 1.66. The molecule has 0 aromatic heterocycles. The highest BCUT2D eigenvalue weighted by Gasteiger charge is 2.15. The van der Waals surface area contributed by atoms with Crippen molar-refractivity contribution in [2.45, 2.75) is 27.7 Å². The SMILES string of the molecule is CCN=C(NCC)c1ccc(NC(=O)c2ccc(C(=O)Nc3ccc(C(=NCC)NCC)cc3)c(Cl)c2)cc1. The number of rotatable bonds is 10. The van der Waals surface area contributed by atoms with E-state index in [9.17, 15) is 9.59 Å². The Hall–Kier alpha value is -4.17. The highest BCUT2D eigenvalue weighted by atomic mass is 35.5. The minimum absolute atomic E-state index is 0.183. The molecule has 0 heterocycles. The number of amidine groups is 2. The third-order valence-electron chi connectivity index (χ3n) is 5.63. The van der Waals surface area contributed by atoms with E-state index in [1.54, 1.807) is 12.1 Å². The summed E-state index contributed by atoms with van der Waals surface area (Å²) in [6, 6.07) is 19.5. The second-order valence-corrected chi connectivity index (χ2v) is 8.87. The lowest BCUT2D eigenvalue weighted by Gasteiger charge is -2.12. The van der Waals surface area contributed by atoms with E-state index in [0.29, 0.717) is 30.0 Å². The molecule has 9 heteroatoms. The minimum Gasteiger partial charge on any atom is -0.370 e. The van der Waals surface area contributed by atoms with Crippen molar-refractivity contribution < 1.29 is 9.59 Å². The first kappa shape index (κ1) is 29.4. The van der Waals surface area contributed by atoms with Crippen LogP contribution >= 0.6 is 11.6 Å². The van der Waals surface area contributed by atoms with Crippen LogP contribution in [0.2, 0.25) is 5.02 Å². The van der Waals surface area contributed by atoms with Crippen LogP contribution in [-0.4, -0.2) is 49.7 Å². The van der Waals surface area contributed by atoms with Crippen molar-refractivity contribution in [3.8, 4) is 0 Å². The average molecular weight is 547 g/mol. The monoisotopic (exact) mass is 546 g/mol. The van der Waals surface area contributed by atoms with E-state index in [4.69, 9.17) is 11.6 Å². The van der Waals surface area contributed by atoms with Gasteiger partial charge in [-0.25, -0.2) is 0 Å². The Bertz CT molecular complexity index is 1330. The van der Waals surface area contributed by atoms with Crippen LogP contribution in [0.15, 0.2) is 76.7 Å². The molecule has 204 valence electrons. The number of anilines is 2. The second-order valence-electron chi connectivity index (χ2n) is 8.46. The molecular formula is C30H35ClN6O2. The van der Waals surface area contributed by atoms with Gasteiger partial charge >= 0.3 is 0 Å². The summed E-state index contributed by atoms with van der Waals surface area (Å²) in [7, 11) is 0. The molecule has 0 fully saturated rings. The molecule has 39 heavy (non-hydrogen) atoms. The first-order valence-electron chi connectivity index (χ1n) is 13.1. The summed E-state index contributed by atoms with van der Waals surface area (Å²) in [6.45, 7) is 10.9. The molecule has 0 aliphatic rings. The number of halogens is 1. The molecular weight excluding hydrogens is 512 g/mol. The van der Waals surface area contributed by atoms with Crippen LogP contribution in [0, 0.1) is 0 Å². The summed E-state index contributed by atoms with van der Waals surface area (Å²) >= 11 is 6.40. The summed E-state index contributed by atoms with van der Waals surface area (Å²) in [5.41, 5.74) is 3.76. The number of aliphatic imine (C=N–C) groups is 2. The molecule has 4 N–H and O–H groups in total. The normalized spacial score (nSPS) is 11.6. The van der Waals surface area contributed by atoms with Crippen molar-refractivity contribution in [1.82, 2.24) is 10.6 Å². The van der Waals surface area contributed by atoms with Crippen LogP contribution in [0.3, 0.4) is 0 Å². The van der Waals surface area contributed by atoms with E-state index in [2.05, 4.69) is 31.3 Å². The summed E-state index contributed by atoms with van der Waals surface area (Å²) in [5, 5.41) is 12.4. The van der Waals surface area contributed by atoms with Crippen LogP contribution in [-0.2, 0) is 0 Å². The Kier molecular flexibility index (Phi) is 11.1. The molecule has 3 aromatic rings. The molecule has 8 nitrogen and oxygen atoms in total. The second kappa shape index (κ2) is 14.7. The van der Waals surface area contributed by atoms with E-state index in [0.717, 1.165) is 35.9 Å². The number of carbonyl (C=O) groups excluding carboxylic acids is 2. The van der Waals surface area contributed by atoms with Gasteiger partial charge in [0.25, 0.3) is 11.8 Å². The number of nitrogens with zero attached hydrogens (tertiary/aromatic N) is 2. The number of carbonyl (C=O) groups is 2. The fourth-order valence-corrected chi connectivity index (χ4v) is 4.08. The molecule has 3 aromatic carbocycles. The molecule has 0 aliphatic heterocycles. The van der Waals surface area contributed by atoms with Gasteiger partial charge in [-0.3, -0.25) is 19.6 Å². The van der Waals surface area contributed by atoms with E-state index in [1.165, 1.54) is 6.07 Å². The zero-order valence-corrected chi connectivity index (χ0v) is 23.5. The zero-order chi connectivity index (χ0) is 28.2. The van der Waals surface area contributed by atoms with Crippen LogP contribution in [0.4, 0.5) is 11.4 Å². The first-order valence-corrected chi connectivity index (χ1v) is 13.5. The number of hydrogen-bond donors (Lipinski definition) is 4. The van der Waals surface area contributed by atoms with Crippen LogP contribution < -0.4 is 21.3 Å². The molecule has 0 spiro atoms. The Morgan fingerprint density at radius 1 is 0.641 bits per heavy atom. The van der Waals surface area contributed by atoms with Gasteiger partial charge in [-0.15, -0.1) is 0 Å². The lowest BCUT2D eigenvalue weighted by atomic mass is 10.1. The third kappa shape index (κ3) is 8.15. The van der Waals surface area contributed by atoms with Crippen molar-refractivity contribution in [2.24, 2.45) is 9.98 Å². The third-order valence-corrected chi connectivity index (χ3v) is 5.94. The molecule has 3 rings (SSSR count). The van der Waals surface area contributed by atoms with Gasteiger partial charge in [0.05, 0.1) is 10.6 Å². The standard InChI is InChI=1S/C30H35ClN6O2/c1-5-32-27(33-6-2)20-9-14-23(15-10-20)36-29(38)22-13-18-25(26(31)19-22)30(39)37-24-16-11-21(12-17-24)28(34-7-3)35-8-4/h9-19H,5-8H2,1-4H3,(H,32,33)(H,34,35)(H,36,38)(H,37,39). The molecule has 0 aliphatic carbocycles. The van der Waals surface area contributed by atoms with Crippen LogP contribution in [0.25, 0.3) is 0 Å². The zero-order valence-electron chi connectivity index (χ0n) is 22.8. The van der Waals surface area contributed by atoms with Gasteiger partial charge in [0, 0.05) is 54.2 Å². The predicted molar refractivity (Wildman–Crippen MR) is 162 cm³/mol. The topological polar surface area (TPSA) is 107 Å². The summed E-state index contributed by atoms with van der Waals surface area (Å²) in [5.74, 6) is 0.939. The van der Waals surface area contributed by atoms with Gasteiger partial charge in [0.2, 0.25) is 0 Å². The van der Waals surface area contributed by atoms with Gasteiger partial charge in [-0.05, 0) is 94.4 Å². The van der Waals surface area contributed by atoms with Crippen LogP contribution in [0.1, 0.15) is 59.5 Å². The maximum Gasteiger partial charge on any atom is 0.257 e. The van der Waals surface area contributed by atoms with Crippen molar-refractivity contribution in [3.05, 3.63) is 94.0 Å². The summed E-state index contributed by atoms with van der Waals surface area (Å²) < 4.78 is 0. The quantitative estimate of drug-likeness (QED) is 0.196. The molecule has 0 atom stereocenters. The maximum atomic E-state index is 12.9. The van der Waals surface area contributed by atoms with Gasteiger partial charge < -0.3 is 21.3 Å². The smallest absolute Gasteiger partial charge is 0.257 e. The van der Waals surface area contributed by atoms with E-state index in [1.807, 2.05) is 76.2 Å². The molecule has 0 unspecified atom stereocenters. The van der Waals surface area contributed by atoms with E-state index >= 15 is 0 Å².